The van der Waals surface area contributed by atoms with Crippen molar-refractivity contribution in [3.8, 4) is 23.0 Å². The molecule has 6 rings (SSSR count). The van der Waals surface area contributed by atoms with Crippen molar-refractivity contribution in [1.82, 2.24) is 0 Å². The molecule has 0 saturated heterocycles. The van der Waals surface area contributed by atoms with Crippen molar-refractivity contribution in [2.24, 2.45) is 0 Å². The van der Waals surface area contributed by atoms with E-state index in [0.29, 0.717) is 84.3 Å². The van der Waals surface area contributed by atoms with Crippen LogP contribution in [0.5, 0.6) is 23.0 Å². The Morgan fingerprint density at radius 2 is 0.694 bits per heavy atom. The van der Waals surface area contributed by atoms with Gasteiger partial charge in [0.1, 0.15) is 36.2 Å². The Bertz CT molecular complexity index is 2110. The Morgan fingerprint density at radius 1 is 0.435 bits per heavy atom. The second-order valence-corrected chi connectivity index (χ2v) is 21.3. The molecule has 1 aliphatic heterocycles. The minimum Gasteiger partial charge on any atom is -0.507 e. The van der Waals surface area contributed by atoms with Crippen LogP contribution in [0, 0.1) is 0 Å². The predicted molar refractivity (Wildman–Crippen MR) is 248 cm³/mol. The molecule has 4 aromatic carbocycles. The van der Waals surface area contributed by atoms with Crippen molar-refractivity contribution < 1.29 is 38.3 Å². The molecule has 62 heavy (non-hydrogen) atoms. The van der Waals surface area contributed by atoms with Gasteiger partial charge in [0.2, 0.25) is 0 Å². The van der Waals surface area contributed by atoms with Gasteiger partial charge in [0.05, 0.1) is 39.6 Å². The van der Waals surface area contributed by atoms with Crippen LogP contribution in [-0.2, 0) is 66.3 Å². The Kier molecular flexibility index (Phi) is 14.3. The van der Waals surface area contributed by atoms with Crippen LogP contribution in [0.25, 0.3) is 0 Å². The summed E-state index contributed by atoms with van der Waals surface area (Å²) in [6.07, 6.45) is 1.74. The lowest BCUT2D eigenvalue weighted by Crippen LogP contribution is -2.19. The molecule has 0 atom stereocenters. The number of hydrogen-bond acceptors (Lipinski definition) is 8. The zero-order valence-electron chi connectivity index (χ0n) is 39.9. The summed E-state index contributed by atoms with van der Waals surface area (Å²) in [5.74, 6) is 1.96. The lowest BCUT2D eigenvalue weighted by Gasteiger charge is -2.28. The highest BCUT2D eigenvalue weighted by molar-refractivity contribution is 5.71. The van der Waals surface area contributed by atoms with Crippen LogP contribution in [0.4, 0.5) is 0 Å². The standard InChI is InChI=1S/C54H72O8/c1-34(55)62-50-41-24-39-30-44(52(5,6)7)28-37-22-35-26-43(51(2,3)4)27-36(47(35)56)23-38-29-45(53(8,9)10)31-40(25-42(50)33-46(32-41)54(11,12)13)49(38)61-21-19-59-17-15-57-14-16-58-18-20-60-48(37)39/h26-33,56H,14-25H2,1-13H3. The van der Waals surface area contributed by atoms with Crippen molar-refractivity contribution in [2.75, 3.05) is 52.9 Å². The number of ether oxygens (including phenoxy) is 6. The van der Waals surface area contributed by atoms with E-state index in [4.69, 9.17) is 28.4 Å². The Balaban J connectivity index is 1.76. The Labute approximate surface area is 371 Å². The van der Waals surface area contributed by atoms with Gasteiger partial charge in [-0.2, -0.15) is 0 Å². The maximum atomic E-state index is 13.2. The molecule has 0 fully saturated rings. The van der Waals surface area contributed by atoms with Crippen LogP contribution in [-0.4, -0.2) is 63.9 Å². The van der Waals surface area contributed by atoms with E-state index in [1.54, 1.807) is 0 Å². The molecule has 8 nitrogen and oxygen atoms in total. The minimum atomic E-state index is -0.380. The lowest BCUT2D eigenvalue weighted by atomic mass is 9.79. The average molecular weight is 849 g/mol. The summed E-state index contributed by atoms with van der Waals surface area (Å²) in [7, 11) is 0. The Morgan fingerprint density at radius 3 is 0.984 bits per heavy atom. The van der Waals surface area contributed by atoms with Gasteiger partial charge in [0, 0.05) is 43.7 Å². The number of rotatable bonds is 1. The molecule has 4 aromatic rings. The normalized spacial score (nSPS) is 16.2. The summed E-state index contributed by atoms with van der Waals surface area (Å²) in [4.78, 5) is 13.2. The molecule has 336 valence electrons. The first-order valence-electron chi connectivity index (χ1n) is 22.5. The smallest absolute Gasteiger partial charge is 0.308 e. The molecular weight excluding hydrogens is 777 g/mol. The van der Waals surface area contributed by atoms with Gasteiger partial charge in [-0.1, -0.05) is 132 Å². The predicted octanol–water partition coefficient (Wildman–Crippen LogP) is 11.0. The fraction of sp³-hybridized carbons (Fsp3) is 0.537. The van der Waals surface area contributed by atoms with E-state index in [1.807, 2.05) is 0 Å². The van der Waals surface area contributed by atoms with Crippen molar-refractivity contribution in [3.05, 3.63) is 115 Å². The number of esters is 1. The van der Waals surface area contributed by atoms with E-state index in [2.05, 4.69) is 132 Å². The van der Waals surface area contributed by atoms with E-state index < -0.39 is 0 Å². The summed E-state index contributed by atoms with van der Waals surface area (Å²) >= 11 is 0. The monoisotopic (exact) mass is 849 g/mol. The summed E-state index contributed by atoms with van der Waals surface area (Å²) < 4.78 is 37.9. The van der Waals surface area contributed by atoms with Gasteiger partial charge in [0.25, 0.3) is 0 Å². The molecule has 0 radical (unpaired) electrons. The summed E-state index contributed by atoms with van der Waals surface area (Å²) in [6, 6.07) is 17.7. The van der Waals surface area contributed by atoms with Gasteiger partial charge in [-0.05, 0) is 77.3 Å². The molecule has 1 heterocycles. The van der Waals surface area contributed by atoms with Crippen LogP contribution in [0.1, 0.15) is 157 Å². The molecule has 2 aliphatic rings. The third kappa shape index (κ3) is 11.6. The zero-order valence-corrected chi connectivity index (χ0v) is 39.9. The van der Waals surface area contributed by atoms with Crippen LogP contribution < -0.4 is 14.2 Å². The van der Waals surface area contributed by atoms with Gasteiger partial charge < -0.3 is 33.5 Å². The van der Waals surface area contributed by atoms with Crippen molar-refractivity contribution >= 4 is 5.97 Å². The second kappa shape index (κ2) is 18.8. The van der Waals surface area contributed by atoms with E-state index in [0.717, 1.165) is 78.3 Å². The zero-order chi connectivity index (χ0) is 45.2. The molecule has 0 unspecified atom stereocenters. The SMILES string of the molecule is CC(=O)Oc1c2cc(C(C)(C)C)cc1Cc1cc(C(C)(C)C)cc3c1OCCOCCOCCOCCOc1c(cc(C(C)(C)C)cc1C2)Cc1cc(C(C)(C)C)cc(c1O)C3. The van der Waals surface area contributed by atoms with Gasteiger partial charge in [-0.15, -0.1) is 0 Å². The number of carbonyl (C=O) groups is 1. The molecule has 8 heteroatoms. The highest BCUT2D eigenvalue weighted by Crippen LogP contribution is 2.44. The molecule has 0 spiro atoms. The molecule has 0 saturated carbocycles. The van der Waals surface area contributed by atoms with Gasteiger partial charge in [-0.25, -0.2) is 0 Å². The van der Waals surface area contributed by atoms with Gasteiger partial charge in [-0.3, -0.25) is 4.79 Å². The van der Waals surface area contributed by atoms with Crippen LogP contribution in [0.3, 0.4) is 0 Å². The highest BCUT2D eigenvalue weighted by Gasteiger charge is 2.29. The average Bonchev–Trinajstić information content (AvgIpc) is 3.14. The number of carbonyl (C=O) groups excluding carboxylic acids is 1. The number of benzene rings is 4. The fourth-order valence-electron chi connectivity index (χ4n) is 8.23. The Hall–Kier alpha value is -4.37. The highest BCUT2D eigenvalue weighted by atomic mass is 16.6. The topological polar surface area (TPSA) is 92.7 Å². The molecule has 1 aliphatic carbocycles. The maximum absolute atomic E-state index is 13.2. The van der Waals surface area contributed by atoms with Crippen LogP contribution in [0.2, 0.25) is 0 Å². The molecule has 0 amide bonds. The number of phenolic OH excluding ortho intramolecular Hbond substituents is 1. The quantitative estimate of drug-likeness (QED) is 0.132. The van der Waals surface area contributed by atoms with E-state index >= 15 is 0 Å². The van der Waals surface area contributed by atoms with Crippen LogP contribution >= 0.6 is 0 Å². The molecule has 1 N–H and O–H groups in total. The van der Waals surface area contributed by atoms with Crippen molar-refractivity contribution in [2.45, 2.75) is 137 Å². The lowest BCUT2D eigenvalue weighted by molar-refractivity contribution is -0.132. The number of fused-ring (bicyclic) bond motifs is 2. The van der Waals surface area contributed by atoms with E-state index in [9.17, 15) is 9.90 Å². The van der Waals surface area contributed by atoms with E-state index in [-0.39, 0.29) is 33.4 Å². The summed E-state index contributed by atoms with van der Waals surface area (Å²) in [5.41, 5.74) is 11.1. The van der Waals surface area contributed by atoms with Crippen molar-refractivity contribution in [1.29, 1.82) is 0 Å². The maximum Gasteiger partial charge on any atom is 0.308 e. The first kappa shape index (κ1) is 47.1. The van der Waals surface area contributed by atoms with Crippen molar-refractivity contribution in [3.63, 3.8) is 0 Å². The largest absolute Gasteiger partial charge is 0.507 e. The molecule has 0 aromatic heterocycles. The molecular formula is C54H72O8. The molecule has 10 bridgehead atoms. The third-order valence-electron chi connectivity index (χ3n) is 11.9. The number of aromatic hydroxyl groups is 1. The van der Waals surface area contributed by atoms with Crippen LogP contribution in [0.15, 0.2) is 48.5 Å². The number of phenols is 1. The first-order valence-corrected chi connectivity index (χ1v) is 22.5. The summed E-state index contributed by atoms with van der Waals surface area (Å²) in [5, 5.41) is 12.5. The van der Waals surface area contributed by atoms with Gasteiger partial charge in [0.15, 0.2) is 0 Å². The first-order chi connectivity index (χ1) is 29.0. The fourth-order valence-corrected chi connectivity index (χ4v) is 8.23. The summed E-state index contributed by atoms with van der Waals surface area (Å²) in [6.45, 7) is 31.2. The van der Waals surface area contributed by atoms with Gasteiger partial charge >= 0.3 is 5.97 Å². The minimum absolute atomic E-state index is 0.197. The number of hydrogen-bond donors (Lipinski definition) is 1. The third-order valence-corrected chi connectivity index (χ3v) is 11.9. The van der Waals surface area contributed by atoms with E-state index in [1.165, 1.54) is 6.92 Å². The second-order valence-electron chi connectivity index (χ2n) is 21.3.